The van der Waals surface area contributed by atoms with Crippen molar-refractivity contribution in [3.05, 3.63) is 108 Å². The molecule has 2 heterocycles. The SMILES string of the molecule is CCOc1ccc2nc(N(Cc3ccccn3)C(=O)c3cccc(Oc4ccccc4)c3)sc2c1. The van der Waals surface area contributed by atoms with Crippen LogP contribution < -0.4 is 14.4 Å². The fraction of sp³-hybridized carbons (Fsp3) is 0.107. The molecular weight excluding hydrogens is 458 g/mol. The molecule has 3 aromatic carbocycles. The molecule has 1 amide bonds. The van der Waals surface area contributed by atoms with Crippen LogP contribution in [0.5, 0.6) is 17.2 Å². The maximum absolute atomic E-state index is 13.8. The summed E-state index contributed by atoms with van der Waals surface area (Å²) in [4.78, 5) is 24.6. The molecule has 7 heteroatoms. The lowest BCUT2D eigenvalue weighted by atomic mass is 10.2. The van der Waals surface area contributed by atoms with Crippen LogP contribution in [-0.4, -0.2) is 22.5 Å². The second-order valence-corrected chi connectivity index (χ2v) is 8.72. The van der Waals surface area contributed by atoms with Gasteiger partial charge in [0.1, 0.15) is 17.2 Å². The van der Waals surface area contributed by atoms with Gasteiger partial charge in [-0.25, -0.2) is 4.98 Å². The van der Waals surface area contributed by atoms with Crippen LogP contribution in [-0.2, 0) is 6.54 Å². The van der Waals surface area contributed by atoms with Crippen LogP contribution >= 0.6 is 11.3 Å². The van der Waals surface area contributed by atoms with Crippen molar-refractivity contribution < 1.29 is 14.3 Å². The Morgan fingerprint density at radius 1 is 0.886 bits per heavy atom. The van der Waals surface area contributed by atoms with E-state index in [0.717, 1.165) is 21.7 Å². The molecule has 0 aliphatic carbocycles. The third kappa shape index (κ3) is 5.31. The van der Waals surface area contributed by atoms with Gasteiger partial charge in [-0.15, -0.1) is 0 Å². The van der Waals surface area contributed by atoms with Crippen LogP contribution in [0.2, 0.25) is 0 Å². The number of ether oxygens (including phenoxy) is 2. The zero-order valence-corrected chi connectivity index (χ0v) is 19.9. The first-order valence-corrected chi connectivity index (χ1v) is 12.1. The number of anilines is 1. The molecule has 0 N–H and O–H groups in total. The molecule has 35 heavy (non-hydrogen) atoms. The summed E-state index contributed by atoms with van der Waals surface area (Å²) >= 11 is 1.45. The Hall–Kier alpha value is -4.23. The minimum Gasteiger partial charge on any atom is -0.494 e. The number of hydrogen-bond donors (Lipinski definition) is 0. The number of nitrogens with zero attached hydrogens (tertiary/aromatic N) is 3. The summed E-state index contributed by atoms with van der Waals surface area (Å²) in [6.07, 6.45) is 1.72. The van der Waals surface area contributed by atoms with Crippen molar-refractivity contribution in [1.29, 1.82) is 0 Å². The number of para-hydroxylation sites is 1. The third-order valence-corrected chi connectivity index (χ3v) is 6.28. The number of fused-ring (bicyclic) bond motifs is 1. The number of pyridine rings is 1. The number of amides is 1. The second kappa shape index (κ2) is 10.4. The normalized spacial score (nSPS) is 10.8. The maximum Gasteiger partial charge on any atom is 0.260 e. The van der Waals surface area contributed by atoms with E-state index in [4.69, 9.17) is 14.5 Å². The van der Waals surface area contributed by atoms with Gasteiger partial charge in [0.2, 0.25) is 0 Å². The molecule has 0 spiro atoms. The first-order chi connectivity index (χ1) is 17.2. The van der Waals surface area contributed by atoms with Gasteiger partial charge in [0, 0.05) is 11.8 Å². The fourth-order valence-corrected chi connectivity index (χ4v) is 4.61. The Bertz CT molecular complexity index is 1440. The van der Waals surface area contributed by atoms with Gasteiger partial charge in [0.05, 0.1) is 29.1 Å². The van der Waals surface area contributed by atoms with Crippen molar-refractivity contribution in [2.45, 2.75) is 13.5 Å². The molecule has 5 aromatic rings. The van der Waals surface area contributed by atoms with Crippen LogP contribution in [0.1, 0.15) is 23.0 Å². The van der Waals surface area contributed by atoms with E-state index in [2.05, 4.69) is 4.98 Å². The molecule has 2 aromatic heterocycles. The molecule has 0 saturated heterocycles. The third-order valence-electron chi connectivity index (χ3n) is 5.24. The fourth-order valence-electron chi connectivity index (χ4n) is 3.62. The first-order valence-electron chi connectivity index (χ1n) is 11.3. The van der Waals surface area contributed by atoms with Crippen LogP contribution in [0, 0.1) is 0 Å². The van der Waals surface area contributed by atoms with Gasteiger partial charge >= 0.3 is 0 Å². The van der Waals surface area contributed by atoms with Gasteiger partial charge < -0.3 is 9.47 Å². The lowest BCUT2D eigenvalue weighted by Gasteiger charge is -2.20. The molecule has 5 rings (SSSR count). The van der Waals surface area contributed by atoms with E-state index in [1.165, 1.54) is 11.3 Å². The summed E-state index contributed by atoms with van der Waals surface area (Å²) in [5, 5.41) is 0.596. The molecule has 0 bridgehead atoms. The minimum atomic E-state index is -0.182. The average molecular weight is 482 g/mol. The van der Waals surface area contributed by atoms with Crippen molar-refractivity contribution in [3.63, 3.8) is 0 Å². The summed E-state index contributed by atoms with van der Waals surface area (Å²) in [6.45, 7) is 2.83. The molecule has 174 valence electrons. The largest absolute Gasteiger partial charge is 0.494 e. The first kappa shape index (κ1) is 22.6. The quantitative estimate of drug-likeness (QED) is 0.246. The van der Waals surface area contributed by atoms with Crippen molar-refractivity contribution in [2.75, 3.05) is 11.5 Å². The van der Waals surface area contributed by atoms with Gasteiger partial charge in [-0.3, -0.25) is 14.7 Å². The molecule has 0 saturated carbocycles. The number of benzene rings is 3. The lowest BCUT2D eigenvalue weighted by molar-refractivity contribution is 0.0984. The van der Waals surface area contributed by atoms with Gasteiger partial charge in [-0.1, -0.05) is 41.7 Å². The maximum atomic E-state index is 13.8. The van der Waals surface area contributed by atoms with Gasteiger partial charge in [0.25, 0.3) is 5.91 Å². The predicted molar refractivity (Wildman–Crippen MR) is 138 cm³/mol. The number of rotatable bonds is 8. The van der Waals surface area contributed by atoms with Crippen LogP contribution in [0.15, 0.2) is 97.2 Å². The van der Waals surface area contributed by atoms with E-state index in [0.29, 0.717) is 35.3 Å². The highest BCUT2D eigenvalue weighted by atomic mass is 32.1. The molecule has 0 aliphatic rings. The van der Waals surface area contributed by atoms with Gasteiger partial charge in [-0.2, -0.15) is 0 Å². The minimum absolute atomic E-state index is 0.182. The van der Waals surface area contributed by atoms with E-state index >= 15 is 0 Å². The van der Waals surface area contributed by atoms with E-state index in [-0.39, 0.29) is 5.91 Å². The second-order valence-electron chi connectivity index (χ2n) is 7.71. The lowest BCUT2D eigenvalue weighted by Crippen LogP contribution is -2.30. The summed E-state index contributed by atoms with van der Waals surface area (Å²) in [7, 11) is 0. The van der Waals surface area contributed by atoms with Crippen molar-refractivity contribution >= 4 is 32.6 Å². The van der Waals surface area contributed by atoms with Gasteiger partial charge in [-0.05, 0) is 67.6 Å². The highest BCUT2D eigenvalue weighted by Gasteiger charge is 2.23. The summed E-state index contributed by atoms with van der Waals surface area (Å²) in [5.74, 6) is 1.89. The zero-order valence-electron chi connectivity index (χ0n) is 19.1. The highest BCUT2D eigenvalue weighted by Crippen LogP contribution is 2.33. The molecule has 0 atom stereocenters. The van der Waals surface area contributed by atoms with Crippen LogP contribution in [0.3, 0.4) is 0 Å². The number of aromatic nitrogens is 2. The number of carbonyl (C=O) groups excluding carboxylic acids is 1. The average Bonchev–Trinajstić information content (AvgIpc) is 3.32. The van der Waals surface area contributed by atoms with E-state index in [9.17, 15) is 4.79 Å². The van der Waals surface area contributed by atoms with Gasteiger partial charge in [0.15, 0.2) is 5.13 Å². The standard InChI is InChI=1S/C28H23N3O3S/c1-2-33-23-14-15-25-26(18-23)35-28(30-25)31(19-21-10-6-7-16-29-21)27(32)20-9-8-13-24(17-20)34-22-11-4-3-5-12-22/h3-18H,2,19H2,1H3. The van der Waals surface area contributed by atoms with Crippen LogP contribution in [0.25, 0.3) is 10.2 Å². The Labute approximate surface area is 207 Å². The van der Waals surface area contributed by atoms with E-state index < -0.39 is 0 Å². The molecule has 0 radical (unpaired) electrons. The highest BCUT2D eigenvalue weighted by molar-refractivity contribution is 7.22. The Morgan fingerprint density at radius 3 is 2.51 bits per heavy atom. The molecule has 0 unspecified atom stereocenters. The smallest absolute Gasteiger partial charge is 0.260 e. The van der Waals surface area contributed by atoms with Crippen molar-refractivity contribution in [3.8, 4) is 17.2 Å². The Morgan fingerprint density at radius 2 is 1.71 bits per heavy atom. The number of thiazole rings is 1. The van der Waals surface area contributed by atoms with Crippen LogP contribution in [0.4, 0.5) is 5.13 Å². The predicted octanol–water partition coefficient (Wildman–Crippen LogP) is 6.73. The number of carbonyl (C=O) groups is 1. The monoisotopic (exact) mass is 481 g/mol. The molecule has 6 nitrogen and oxygen atoms in total. The van der Waals surface area contributed by atoms with E-state index in [1.807, 2.05) is 85.8 Å². The molecule has 0 fully saturated rings. The van der Waals surface area contributed by atoms with Crippen molar-refractivity contribution in [2.24, 2.45) is 0 Å². The summed E-state index contributed by atoms with van der Waals surface area (Å²) in [6, 6.07) is 28.1. The summed E-state index contributed by atoms with van der Waals surface area (Å²) < 4.78 is 12.5. The number of hydrogen-bond acceptors (Lipinski definition) is 6. The zero-order chi connectivity index (χ0) is 24.0. The van der Waals surface area contributed by atoms with E-state index in [1.54, 1.807) is 23.2 Å². The van der Waals surface area contributed by atoms with Crippen molar-refractivity contribution in [1.82, 2.24) is 9.97 Å². The summed E-state index contributed by atoms with van der Waals surface area (Å²) in [5.41, 5.74) is 2.09. The topological polar surface area (TPSA) is 64.5 Å². The molecular formula is C28H23N3O3S. The Balaban J connectivity index is 1.49. The Kier molecular flexibility index (Phi) is 6.68. The molecule has 0 aliphatic heterocycles.